The van der Waals surface area contributed by atoms with Crippen LogP contribution in [0, 0.1) is 0 Å². The number of nitrogens with two attached hydrogens (primary N) is 1. The van der Waals surface area contributed by atoms with E-state index in [4.69, 9.17) is 15.4 Å². The average molecular weight is 256 g/mol. The molecule has 0 atom stereocenters. The van der Waals surface area contributed by atoms with Gasteiger partial charge in [0.1, 0.15) is 5.75 Å². The lowest BCUT2D eigenvalue weighted by atomic mass is 10.1. The molecule has 0 bridgehead atoms. The van der Waals surface area contributed by atoms with Gasteiger partial charge in [0.25, 0.3) is 6.47 Å². The van der Waals surface area contributed by atoms with Crippen molar-refractivity contribution >= 4 is 6.47 Å². The number of carbonyl (C=O) groups excluding carboxylic acids is 1. The van der Waals surface area contributed by atoms with Gasteiger partial charge >= 0.3 is 0 Å². The normalized spacial score (nSPS) is 8.06. The highest BCUT2D eigenvalue weighted by molar-refractivity contribution is 5.36. The van der Waals surface area contributed by atoms with Crippen molar-refractivity contribution in [2.75, 3.05) is 20.8 Å². The highest BCUT2D eigenvalue weighted by Crippen LogP contribution is 2.10. The van der Waals surface area contributed by atoms with Gasteiger partial charge in [0.2, 0.25) is 0 Å². The Bertz CT molecular complexity index is 276. The van der Waals surface area contributed by atoms with Gasteiger partial charge < -0.3 is 9.47 Å². The third kappa shape index (κ3) is 10.9. The number of rotatable bonds is 5. The van der Waals surface area contributed by atoms with Crippen LogP contribution < -0.4 is 16.0 Å². The van der Waals surface area contributed by atoms with Crippen LogP contribution in [0.2, 0.25) is 0 Å². The number of carbonyl (C=O) groups is 1. The Hall–Kier alpha value is -1.59. The Morgan fingerprint density at radius 1 is 1.22 bits per heavy atom. The summed E-state index contributed by atoms with van der Waals surface area (Å²) >= 11 is 0. The monoisotopic (exact) mass is 256 g/mol. The molecule has 18 heavy (non-hydrogen) atoms. The van der Waals surface area contributed by atoms with Crippen molar-refractivity contribution in [3.05, 3.63) is 29.8 Å². The summed E-state index contributed by atoms with van der Waals surface area (Å²) in [6.07, 6.45) is 0.945. The summed E-state index contributed by atoms with van der Waals surface area (Å²) in [5.74, 6) is 6.05. The largest absolute Gasteiger partial charge is 0.497 e. The van der Waals surface area contributed by atoms with E-state index in [1.54, 1.807) is 7.11 Å². The highest BCUT2D eigenvalue weighted by Gasteiger charge is 1.92. The number of hydrogen-bond acceptors (Lipinski definition) is 5. The Kier molecular flexibility index (Phi) is 16.1. The van der Waals surface area contributed by atoms with E-state index in [0.29, 0.717) is 6.47 Å². The molecule has 0 aromatic heterocycles. The van der Waals surface area contributed by atoms with Gasteiger partial charge in [0, 0.05) is 6.54 Å². The van der Waals surface area contributed by atoms with Crippen LogP contribution >= 0.6 is 0 Å². The number of nitrogens with one attached hydrogen (secondary N) is 1. The van der Waals surface area contributed by atoms with Crippen molar-refractivity contribution in [3.8, 4) is 5.75 Å². The maximum Gasteiger partial charge on any atom is 0.292 e. The van der Waals surface area contributed by atoms with Gasteiger partial charge in [0.05, 0.1) is 14.2 Å². The second-order valence-electron chi connectivity index (χ2n) is 2.88. The van der Waals surface area contributed by atoms with Crippen LogP contribution in [-0.2, 0) is 16.0 Å². The minimum absolute atomic E-state index is 0.375. The molecule has 0 aliphatic carbocycles. The topological polar surface area (TPSA) is 73.6 Å². The molecule has 3 N–H and O–H groups in total. The summed E-state index contributed by atoms with van der Waals surface area (Å²) in [6, 6.07) is 7.98. The molecular formula is C13H24N2O3. The fourth-order valence-corrected chi connectivity index (χ4v) is 1.01. The van der Waals surface area contributed by atoms with Crippen molar-refractivity contribution in [1.29, 1.82) is 0 Å². The van der Waals surface area contributed by atoms with Crippen molar-refractivity contribution < 1.29 is 14.3 Å². The molecule has 0 saturated carbocycles. The summed E-state index contributed by atoms with van der Waals surface area (Å²) in [7, 11) is 2.98. The fourth-order valence-electron chi connectivity index (χ4n) is 1.01. The smallest absolute Gasteiger partial charge is 0.292 e. The minimum Gasteiger partial charge on any atom is -0.497 e. The fraction of sp³-hybridized carbons (Fsp3) is 0.462. The van der Waals surface area contributed by atoms with E-state index >= 15 is 0 Å². The predicted molar refractivity (Wildman–Crippen MR) is 73.3 cm³/mol. The first-order chi connectivity index (χ1) is 8.78. The maximum absolute atomic E-state index is 8.95. The average Bonchev–Trinajstić information content (AvgIpc) is 2.48. The first kappa shape index (κ1) is 18.8. The number of hydrazine groups is 1. The van der Waals surface area contributed by atoms with E-state index in [1.165, 1.54) is 12.7 Å². The number of benzene rings is 1. The van der Waals surface area contributed by atoms with Crippen LogP contribution in [0.3, 0.4) is 0 Å². The highest BCUT2D eigenvalue weighted by atomic mass is 16.5. The third-order valence-electron chi connectivity index (χ3n) is 1.81. The first-order valence-corrected chi connectivity index (χ1v) is 5.81. The molecule has 0 fully saturated rings. The number of methoxy groups -OCH3 is 2. The molecule has 0 aliphatic heterocycles. The van der Waals surface area contributed by atoms with Gasteiger partial charge in [-0.1, -0.05) is 26.0 Å². The summed E-state index contributed by atoms with van der Waals surface area (Å²) in [4.78, 5) is 8.95. The number of hydrogen-bond donors (Lipinski definition) is 2. The standard InChI is InChI=1S/C9H14N2O.C2H4O2.C2H6/c1-12-9-4-2-8(3-5-9)6-7-11-10;1-4-2-3;1-2/h2-5,11H,6-7,10H2,1H3;2H,1H3;1-2H3. The van der Waals surface area contributed by atoms with Crippen LogP contribution in [0.25, 0.3) is 0 Å². The lowest BCUT2D eigenvalue weighted by molar-refractivity contribution is -0.126. The molecule has 104 valence electrons. The Morgan fingerprint density at radius 3 is 2.06 bits per heavy atom. The quantitative estimate of drug-likeness (QED) is 0.474. The molecule has 1 rings (SSSR count). The maximum atomic E-state index is 8.95. The van der Waals surface area contributed by atoms with Crippen LogP contribution in [0.1, 0.15) is 19.4 Å². The summed E-state index contributed by atoms with van der Waals surface area (Å²) in [5.41, 5.74) is 3.87. The van der Waals surface area contributed by atoms with Crippen molar-refractivity contribution in [2.45, 2.75) is 20.3 Å². The van der Waals surface area contributed by atoms with E-state index in [0.717, 1.165) is 18.7 Å². The van der Waals surface area contributed by atoms with Gasteiger partial charge in [-0.05, 0) is 24.1 Å². The second kappa shape index (κ2) is 15.4. The molecule has 5 nitrogen and oxygen atoms in total. The Labute approximate surface area is 109 Å². The third-order valence-corrected chi connectivity index (χ3v) is 1.81. The number of ether oxygens (including phenoxy) is 2. The van der Waals surface area contributed by atoms with E-state index in [2.05, 4.69) is 10.2 Å². The Morgan fingerprint density at radius 2 is 1.72 bits per heavy atom. The molecule has 0 radical (unpaired) electrons. The van der Waals surface area contributed by atoms with Gasteiger partial charge in [-0.2, -0.15) is 0 Å². The van der Waals surface area contributed by atoms with Gasteiger partial charge in [-0.15, -0.1) is 0 Å². The lowest BCUT2D eigenvalue weighted by Crippen LogP contribution is -2.24. The zero-order valence-electron chi connectivity index (χ0n) is 11.6. The SMILES string of the molecule is CC.COC=O.COc1ccc(CCNN)cc1. The van der Waals surface area contributed by atoms with Crippen molar-refractivity contribution in [3.63, 3.8) is 0 Å². The molecule has 0 aliphatic rings. The van der Waals surface area contributed by atoms with Crippen molar-refractivity contribution in [2.24, 2.45) is 5.84 Å². The van der Waals surface area contributed by atoms with Gasteiger partial charge in [-0.3, -0.25) is 16.1 Å². The van der Waals surface area contributed by atoms with Gasteiger partial charge in [0.15, 0.2) is 0 Å². The van der Waals surface area contributed by atoms with Crippen molar-refractivity contribution in [1.82, 2.24) is 5.43 Å². The molecule has 1 aromatic rings. The Balaban J connectivity index is 0. The summed E-state index contributed by atoms with van der Waals surface area (Å²) < 4.78 is 8.89. The molecule has 0 unspecified atom stereocenters. The summed E-state index contributed by atoms with van der Waals surface area (Å²) in [6.45, 7) is 5.17. The van der Waals surface area contributed by atoms with E-state index in [1.807, 2.05) is 38.1 Å². The van der Waals surface area contributed by atoms with E-state index < -0.39 is 0 Å². The molecule has 5 heteroatoms. The van der Waals surface area contributed by atoms with Crippen LogP contribution in [0.4, 0.5) is 0 Å². The molecule has 0 spiro atoms. The summed E-state index contributed by atoms with van der Waals surface area (Å²) in [5, 5.41) is 0. The zero-order chi connectivity index (χ0) is 14.2. The lowest BCUT2D eigenvalue weighted by Gasteiger charge is -2.02. The van der Waals surface area contributed by atoms with Crippen LogP contribution in [0.5, 0.6) is 5.75 Å². The molecule has 0 amide bonds. The first-order valence-electron chi connectivity index (χ1n) is 5.81. The predicted octanol–water partition coefficient (Wildman–Crippen LogP) is 1.52. The zero-order valence-corrected chi connectivity index (χ0v) is 11.6. The van der Waals surface area contributed by atoms with Gasteiger partial charge in [-0.25, -0.2) is 0 Å². The molecule has 1 aromatic carbocycles. The van der Waals surface area contributed by atoms with E-state index in [9.17, 15) is 0 Å². The second-order valence-corrected chi connectivity index (χ2v) is 2.88. The van der Waals surface area contributed by atoms with Crippen LogP contribution in [-0.4, -0.2) is 27.2 Å². The molecule has 0 saturated heterocycles. The van der Waals surface area contributed by atoms with E-state index in [-0.39, 0.29) is 0 Å². The molecular weight excluding hydrogens is 232 g/mol. The van der Waals surface area contributed by atoms with Crippen LogP contribution in [0.15, 0.2) is 24.3 Å². The molecule has 0 heterocycles. The minimum atomic E-state index is 0.375.